The van der Waals surface area contributed by atoms with Gasteiger partial charge in [-0.15, -0.1) is 0 Å². The number of amides is 1. The van der Waals surface area contributed by atoms with Crippen LogP contribution >= 0.6 is 0 Å². The number of carbonyl (C=O) groups excluding carboxylic acids is 1. The average molecular weight is 555 g/mol. The third-order valence-electron chi connectivity index (χ3n) is 7.69. The summed E-state index contributed by atoms with van der Waals surface area (Å²) in [7, 11) is 1.60. The summed E-state index contributed by atoms with van der Waals surface area (Å²) < 4.78 is 11.3. The van der Waals surface area contributed by atoms with Crippen molar-refractivity contribution in [1.82, 2.24) is 15.3 Å². The van der Waals surface area contributed by atoms with Crippen molar-refractivity contribution in [3.63, 3.8) is 0 Å². The van der Waals surface area contributed by atoms with Crippen LogP contribution in [0.15, 0.2) is 67.0 Å². The fourth-order valence-electron chi connectivity index (χ4n) is 5.04. The van der Waals surface area contributed by atoms with Crippen molar-refractivity contribution in [3.05, 3.63) is 72.6 Å². The van der Waals surface area contributed by atoms with Crippen molar-refractivity contribution in [1.29, 1.82) is 5.41 Å². The van der Waals surface area contributed by atoms with Gasteiger partial charge in [0.15, 0.2) is 5.82 Å². The van der Waals surface area contributed by atoms with Gasteiger partial charge in [-0.05, 0) is 80.9 Å². The van der Waals surface area contributed by atoms with Gasteiger partial charge in [0.2, 0.25) is 0 Å². The van der Waals surface area contributed by atoms with Gasteiger partial charge in [0, 0.05) is 60.6 Å². The van der Waals surface area contributed by atoms with E-state index in [9.17, 15) is 4.79 Å². The number of nitrogens with zero attached hydrogens (tertiary/aromatic N) is 3. The fourth-order valence-corrected chi connectivity index (χ4v) is 5.04. The number of methoxy groups -OCH3 is 1. The van der Waals surface area contributed by atoms with Gasteiger partial charge in [-0.1, -0.05) is 12.1 Å². The topological polar surface area (TPSA) is 112 Å². The number of carbonyl (C=O) groups is 1. The molecule has 2 fully saturated rings. The SMILES string of the molecule is COc1cc(OCC2CC2)cc(C(=O)NC(C)C2CCN(c3ccnc(-c4cccc(N/C=C\C=N)c4)n3)CC2)c1. The van der Waals surface area contributed by atoms with E-state index >= 15 is 0 Å². The van der Waals surface area contributed by atoms with E-state index in [1.54, 1.807) is 37.7 Å². The second-order valence-electron chi connectivity index (χ2n) is 10.7. The fraction of sp³-hybridized carbons (Fsp3) is 0.375. The van der Waals surface area contributed by atoms with Crippen LogP contribution in [0.2, 0.25) is 0 Å². The van der Waals surface area contributed by atoms with E-state index < -0.39 is 0 Å². The van der Waals surface area contributed by atoms with Gasteiger partial charge < -0.3 is 30.4 Å². The van der Waals surface area contributed by atoms with Crippen LogP contribution in [0.3, 0.4) is 0 Å². The summed E-state index contributed by atoms with van der Waals surface area (Å²) in [5, 5.41) is 13.5. The van der Waals surface area contributed by atoms with E-state index in [1.807, 2.05) is 36.4 Å². The van der Waals surface area contributed by atoms with Crippen LogP contribution in [0.4, 0.5) is 11.5 Å². The number of allylic oxidation sites excluding steroid dienone is 1. The molecule has 3 aromatic rings. The second kappa shape index (κ2) is 13.3. The number of anilines is 2. The molecule has 2 aliphatic rings. The zero-order valence-corrected chi connectivity index (χ0v) is 23.7. The number of piperidine rings is 1. The Hall–Kier alpha value is -4.40. The van der Waals surface area contributed by atoms with Crippen LogP contribution < -0.4 is 25.0 Å². The van der Waals surface area contributed by atoms with Gasteiger partial charge >= 0.3 is 0 Å². The van der Waals surface area contributed by atoms with Gasteiger partial charge in [-0.3, -0.25) is 4.79 Å². The lowest BCUT2D eigenvalue weighted by Gasteiger charge is -2.35. The van der Waals surface area contributed by atoms with Crippen molar-refractivity contribution in [3.8, 4) is 22.9 Å². The van der Waals surface area contributed by atoms with E-state index in [-0.39, 0.29) is 11.9 Å². The first-order valence-corrected chi connectivity index (χ1v) is 14.3. The van der Waals surface area contributed by atoms with Gasteiger partial charge in [0.1, 0.15) is 17.3 Å². The van der Waals surface area contributed by atoms with Crippen molar-refractivity contribution >= 4 is 23.6 Å². The molecule has 1 saturated carbocycles. The van der Waals surface area contributed by atoms with Gasteiger partial charge in [0.05, 0.1) is 13.7 Å². The number of rotatable bonds is 12. The van der Waals surface area contributed by atoms with Crippen LogP contribution in [0.1, 0.15) is 43.0 Å². The van der Waals surface area contributed by atoms with E-state index in [0.717, 1.165) is 43.0 Å². The summed E-state index contributed by atoms with van der Waals surface area (Å²) in [5.41, 5.74) is 2.38. The zero-order chi connectivity index (χ0) is 28.6. The summed E-state index contributed by atoms with van der Waals surface area (Å²) in [6, 6.07) is 15.3. The largest absolute Gasteiger partial charge is 0.497 e. The highest BCUT2D eigenvalue weighted by Crippen LogP contribution is 2.31. The Morgan fingerprint density at radius 1 is 1.12 bits per heavy atom. The zero-order valence-electron chi connectivity index (χ0n) is 23.7. The number of hydrogen-bond acceptors (Lipinski definition) is 8. The summed E-state index contributed by atoms with van der Waals surface area (Å²) in [6.07, 6.45) is 10.7. The van der Waals surface area contributed by atoms with Crippen LogP contribution in [0.5, 0.6) is 11.5 Å². The number of hydrogen-bond donors (Lipinski definition) is 3. The van der Waals surface area contributed by atoms with Gasteiger partial charge in [-0.25, -0.2) is 9.97 Å². The molecule has 2 heterocycles. The van der Waals surface area contributed by atoms with Crippen LogP contribution in [-0.4, -0.2) is 54.9 Å². The maximum atomic E-state index is 13.2. The molecule has 1 aliphatic carbocycles. The molecule has 0 radical (unpaired) electrons. The van der Waals surface area contributed by atoms with Crippen molar-refractivity contribution < 1.29 is 14.3 Å². The normalized spacial score (nSPS) is 16.3. The molecular formula is C32H38N6O3. The van der Waals surface area contributed by atoms with Crippen LogP contribution in [0.25, 0.3) is 11.4 Å². The molecule has 1 aliphatic heterocycles. The average Bonchev–Trinajstić information content (AvgIpc) is 3.85. The first-order valence-electron chi connectivity index (χ1n) is 14.3. The van der Waals surface area contributed by atoms with E-state index in [1.165, 1.54) is 19.1 Å². The standard InChI is InChI=1S/C32H38N6O3/c1-22(36-32(39)26-18-28(40-2)20-29(19-26)41-21-23-7-8-23)24-10-15-38(16-11-24)30-9-14-35-31(37-30)25-5-3-6-27(17-25)34-13-4-12-33/h3-6,9,12-14,17-20,22-24,33-34H,7-8,10-11,15-16,21H2,1-2H3,(H,36,39)/b13-4-,33-12?. The third-order valence-corrected chi connectivity index (χ3v) is 7.69. The lowest BCUT2D eigenvalue weighted by molar-refractivity contribution is 0.0921. The summed E-state index contributed by atoms with van der Waals surface area (Å²) in [4.78, 5) is 24.8. The molecule has 2 aromatic carbocycles. The molecular weight excluding hydrogens is 516 g/mol. The van der Waals surface area contributed by atoms with E-state index in [2.05, 4.69) is 27.4 Å². The summed E-state index contributed by atoms with van der Waals surface area (Å²) in [5.74, 6) is 3.76. The smallest absolute Gasteiger partial charge is 0.251 e. The lowest BCUT2D eigenvalue weighted by Crippen LogP contribution is -2.44. The first-order chi connectivity index (χ1) is 20.0. The van der Waals surface area contributed by atoms with Crippen molar-refractivity contribution in [2.75, 3.05) is 37.0 Å². The Kier molecular flexibility index (Phi) is 9.13. The Morgan fingerprint density at radius 2 is 1.93 bits per heavy atom. The number of nitrogens with one attached hydrogen (secondary N) is 3. The van der Waals surface area contributed by atoms with E-state index in [4.69, 9.17) is 19.9 Å². The third kappa shape index (κ3) is 7.63. The van der Waals surface area contributed by atoms with Crippen molar-refractivity contribution in [2.24, 2.45) is 11.8 Å². The molecule has 1 unspecified atom stereocenters. The molecule has 41 heavy (non-hydrogen) atoms. The van der Waals surface area contributed by atoms with Crippen molar-refractivity contribution in [2.45, 2.75) is 38.6 Å². The first kappa shape index (κ1) is 28.1. The summed E-state index contributed by atoms with van der Waals surface area (Å²) in [6.45, 7) is 4.49. The minimum absolute atomic E-state index is 0.0320. The number of aromatic nitrogens is 2. The second-order valence-corrected chi connectivity index (χ2v) is 10.7. The molecule has 1 aromatic heterocycles. The molecule has 5 rings (SSSR count). The van der Waals surface area contributed by atoms with E-state index in [0.29, 0.717) is 41.3 Å². The molecule has 9 nitrogen and oxygen atoms in total. The Morgan fingerprint density at radius 3 is 2.68 bits per heavy atom. The minimum Gasteiger partial charge on any atom is -0.497 e. The van der Waals surface area contributed by atoms with Crippen LogP contribution in [0, 0.1) is 17.2 Å². The molecule has 1 atom stereocenters. The highest BCUT2D eigenvalue weighted by Gasteiger charge is 2.27. The molecule has 1 amide bonds. The number of benzene rings is 2. The van der Waals surface area contributed by atoms with Crippen LogP contribution in [-0.2, 0) is 0 Å². The highest BCUT2D eigenvalue weighted by molar-refractivity contribution is 5.95. The molecule has 9 heteroatoms. The molecule has 214 valence electrons. The molecule has 1 saturated heterocycles. The minimum atomic E-state index is -0.111. The summed E-state index contributed by atoms with van der Waals surface area (Å²) >= 11 is 0. The van der Waals surface area contributed by atoms with Gasteiger partial charge in [-0.2, -0.15) is 0 Å². The predicted octanol–water partition coefficient (Wildman–Crippen LogP) is 5.55. The Labute approximate surface area is 241 Å². The monoisotopic (exact) mass is 554 g/mol. The molecule has 0 bridgehead atoms. The molecule has 3 N–H and O–H groups in total. The predicted molar refractivity (Wildman–Crippen MR) is 162 cm³/mol. The quantitative estimate of drug-likeness (QED) is 0.252. The van der Waals surface area contributed by atoms with Gasteiger partial charge in [0.25, 0.3) is 5.91 Å². The highest BCUT2D eigenvalue weighted by atomic mass is 16.5. The maximum Gasteiger partial charge on any atom is 0.251 e. The Bertz CT molecular complexity index is 1380. The maximum absolute atomic E-state index is 13.2. The molecule has 0 spiro atoms. The lowest BCUT2D eigenvalue weighted by atomic mass is 9.90. The Balaban J connectivity index is 1.17. The number of ether oxygens (including phenoxy) is 2.